The van der Waals surface area contributed by atoms with E-state index >= 15 is 0 Å². The van der Waals surface area contributed by atoms with Crippen molar-refractivity contribution in [3.05, 3.63) is 0 Å². The molecule has 4 nitrogen and oxygen atoms in total. The molecule has 16 heavy (non-hydrogen) atoms. The van der Waals surface area contributed by atoms with Gasteiger partial charge in [-0.25, -0.2) is 5.01 Å². The maximum atomic E-state index is 6.00. The molecule has 2 rings (SSSR count). The van der Waals surface area contributed by atoms with E-state index in [0.29, 0.717) is 0 Å². The van der Waals surface area contributed by atoms with Crippen molar-refractivity contribution in [1.29, 1.82) is 0 Å². The lowest BCUT2D eigenvalue weighted by molar-refractivity contribution is -0.223. The molecular weight excluding hydrogens is 202 g/mol. The van der Waals surface area contributed by atoms with Crippen LogP contribution in [0.2, 0.25) is 0 Å². The Balaban J connectivity index is 0.000000606. The zero-order chi connectivity index (χ0) is 12.0. The third-order valence-electron chi connectivity index (χ3n) is 3.43. The Bertz CT molecular complexity index is 191. The largest absolute Gasteiger partial charge is 0.359 e. The average molecular weight is 229 g/mol. The number of piperidine rings is 1. The van der Waals surface area contributed by atoms with Crippen molar-refractivity contribution in [3.8, 4) is 0 Å². The Labute approximate surface area is 99.9 Å². The minimum Gasteiger partial charge on any atom is -0.359 e. The van der Waals surface area contributed by atoms with Crippen LogP contribution in [0.3, 0.4) is 0 Å². The molecular formula is C12H27N3O. The maximum absolute atomic E-state index is 6.00. The Hall–Kier alpha value is -0.160. The number of nitrogens with one attached hydrogen (secondary N) is 1. The van der Waals surface area contributed by atoms with Gasteiger partial charge in [0.1, 0.15) is 5.72 Å². The van der Waals surface area contributed by atoms with Crippen LogP contribution >= 0.6 is 0 Å². The van der Waals surface area contributed by atoms with Crippen LogP contribution in [-0.4, -0.2) is 56.0 Å². The molecule has 1 spiro atoms. The molecule has 2 saturated heterocycles. The van der Waals surface area contributed by atoms with Gasteiger partial charge in [0, 0.05) is 32.5 Å². The van der Waals surface area contributed by atoms with Crippen molar-refractivity contribution in [2.45, 2.75) is 38.8 Å². The smallest absolute Gasteiger partial charge is 0.136 e. The fourth-order valence-electron chi connectivity index (χ4n) is 2.46. The number of hydrazine groups is 1. The number of hydrogen-bond donors (Lipinski definition) is 1. The van der Waals surface area contributed by atoms with E-state index < -0.39 is 0 Å². The summed E-state index contributed by atoms with van der Waals surface area (Å²) in [6.07, 6.45) is 3.37. The highest BCUT2D eigenvalue weighted by Crippen LogP contribution is 2.31. The second-order valence-electron chi connectivity index (χ2n) is 4.33. The molecule has 2 fully saturated rings. The van der Waals surface area contributed by atoms with Crippen LogP contribution in [0.5, 0.6) is 0 Å². The molecule has 0 aromatic heterocycles. The predicted octanol–water partition coefficient (Wildman–Crippen LogP) is 1.29. The minimum atomic E-state index is -0.0144. The van der Waals surface area contributed by atoms with Gasteiger partial charge in [0.15, 0.2) is 0 Å². The minimum absolute atomic E-state index is 0.0144. The first-order valence-corrected chi connectivity index (χ1v) is 6.54. The van der Waals surface area contributed by atoms with Gasteiger partial charge in [-0.15, -0.1) is 0 Å². The summed E-state index contributed by atoms with van der Waals surface area (Å²) >= 11 is 0. The highest BCUT2D eigenvalue weighted by atomic mass is 16.5. The third-order valence-corrected chi connectivity index (χ3v) is 3.43. The Kier molecular flexibility index (Phi) is 5.69. The summed E-state index contributed by atoms with van der Waals surface area (Å²) in [7, 11) is 4.17. The van der Waals surface area contributed by atoms with Crippen LogP contribution in [0.1, 0.15) is 33.1 Å². The second kappa shape index (κ2) is 6.55. The first-order valence-electron chi connectivity index (χ1n) is 6.54. The zero-order valence-electron chi connectivity index (χ0n) is 11.3. The lowest BCUT2D eigenvalue weighted by Crippen LogP contribution is -2.62. The highest BCUT2D eigenvalue weighted by Gasteiger charge is 2.41. The lowest BCUT2D eigenvalue weighted by Gasteiger charge is -2.49. The first kappa shape index (κ1) is 13.9. The van der Waals surface area contributed by atoms with E-state index in [0.717, 1.165) is 45.5 Å². The van der Waals surface area contributed by atoms with Crippen LogP contribution < -0.4 is 5.43 Å². The van der Waals surface area contributed by atoms with Crippen molar-refractivity contribution >= 4 is 0 Å². The predicted molar refractivity (Wildman–Crippen MR) is 67.1 cm³/mol. The summed E-state index contributed by atoms with van der Waals surface area (Å²) in [6.45, 7) is 8.30. The number of likely N-dealkylation sites (tertiary alicyclic amines) is 1. The molecule has 4 heteroatoms. The molecule has 2 aliphatic heterocycles. The van der Waals surface area contributed by atoms with Gasteiger partial charge < -0.3 is 9.64 Å². The second-order valence-corrected chi connectivity index (χ2v) is 4.33. The number of ether oxygens (including phenoxy) is 1. The average Bonchev–Trinajstić information content (AvgIpc) is 2.36. The quantitative estimate of drug-likeness (QED) is 0.733. The molecule has 0 saturated carbocycles. The van der Waals surface area contributed by atoms with Crippen LogP contribution in [0.25, 0.3) is 0 Å². The molecule has 0 aromatic rings. The van der Waals surface area contributed by atoms with E-state index in [1.807, 2.05) is 20.9 Å². The molecule has 0 aromatic carbocycles. The van der Waals surface area contributed by atoms with Gasteiger partial charge in [-0.1, -0.05) is 13.8 Å². The Morgan fingerprint density at radius 2 is 1.75 bits per heavy atom. The molecule has 0 amide bonds. The lowest BCUT2D eigenvalue weighted by atomic mass is 9.98. The molecule has 0 atom stereocenters. The summed E-state index contributed by atoms with van der Waals surface area (Å²) < 4.78 is 6.00. The summed E-state index contributed by atoms with van der Waals surface area (Å²) in [6, 6.07) is 0. The monoisotopic (exact) mass is 229 g/mol. The number of rotatable bonds is 1. The summed E-state index contributed by atoms with van der Waals surface area (Å²) in [5.74, 6) is 0. The van der Waals surface area contributed by atoms with Gasteiger partial charge in [0.25, 0.3) is 0 Å². The van der Waals surface area contributed by atoms with E-state index in [-0.39, 0.29) is 5.72 Å². The van der Waals surface area contributed by atoms with E-state index in [1.54, 1.807) is 0 Å². The van der Waals surface area contributed by atoms with Gasteiger partial charge in [0.05, 0.1) is 6.61 Å². The third kappa shape index (κ3) is 2.94. The number of hydrogen-bond acceptors (Lipinski definition) is 4. The van der Waals surface area contributed by atoms with Crippen molar-refractivity contribution in [1.82, 2.24) is 15.3 Å². The first-order chi connectivity index (χ1) is 7.77. The molecule has 2 aliphatic rings. The molecule has 0 radical (unpaired) electrons. The van der Waals surface area contributed by atoms with E-state index in [4.69, 9.17) is 4.74 Å². The van der Waals surface area contributed by atoms with Crippen LogP contribution in [0.4, 0.5) is 0 Å². The van der Waals surface area contributed by atoms with E-state index in [9.17, 15) is 0 Å². The van der Waals surface area contributed by atoms with Crippen molar-refractivity contribution in [2.75, 3.05) is 40.3 Å². The normalized spacial score (nSPS) is 26.2. The van der Waals surface area contributed by atoms with E-state index in [1.165, 1.54) is 0 Å². The van der Waals surface area contributed by atoms with Gasteiger partial charge in [-0.2, -0.15) is 0 Å². The van der Waals surface area contributed by atoms with Crippen LogP contribution in [-0.2, 0) is 4.74 Å². The number of nitrogens with zero attached hydrogens (tertiary/aromatic N) is 2. The molecule has 0 aliphatic carbocycles. The molecule has 2 heterocycles. The van der Waals surface area contributed by atoms with Crippen LogP contribution in [0.15, 0.2) is 0 Å². The van der Waals surface area contributed by atoms with Gasteiger partial charge in [0.2, 0.25) is 0 Å². The molecule has 1 N–H and O–H groups in total. The Morgan fingerprint density at radius 3 is 2.31 bits per heavy atom. The molecule has 96 valence electrons. The molecule has 0 bridgehead atoms. The summed E-state index contributed by atoms with van der Waals surface area (Å²) in [5, 5.41) is 2.28. The topological polar surface area (TPSA) is 27.7 Å². The molecule has 0 unspecified atom stereocenters. The fraction of sp³-hybridized carbons (Fsp3) is 1.00. The van der Waals surface area contributed by atoms with Crippen molar-refractivity contribution < 1.29 is 4.74 Å². The Morgan fingerprint density at radius 1 is 1.12 bits per heavy atom. The maximum Gasteiger partial charge on any atom is 0.136 e. The summed E-state index contributed by atoms with van der Waals surface area (Å²) in [4.78, 5) is 2.37. The van der Waals surface area contributed by atoms with Crippen LogP contribution in [0, 0.1) is 0 Å². The van der Waals surface area contributed by atoms with E-state index in [2.05, 4.69) is 22.4 Å². The van der Waals surface area contributed by atoms with Gasteiger partial charge in [-0.3, -0.25) is 5.43 Å². The van der Waals surface area contributed by atoms with Crippen molar-refractivity contribution in [2.24, 2.45) is 0 Å². The van der Waals surface area contributed by atoms with Crippen molar-refractivity contribution in [3.63, 3.8) is 0 Å². The SMILES string of the molecule is CC.CNN1CCCOC12CCN(C)CC2. The fourth-order valence-corrected chi connectivity index (χ4v) is 2.46. The zero-order valence-corrected chi connectivity index (χ0v) is 11.3. The highest BCUT2D eigenvalue weighted by molar-refractivity contribution is 4.87. The van der Waals surface area contributed by atoms with Gasteiger partial charge in [-0.05, 0) is 20.5 Å². The standard InChI is InChI=1S/C10H21N3O.C2H6/c1-11-13-6-3-9-14-10(13)4-7-12(2)8-5-10;1-2/h11H,3-9H2,1-2H3;1-2H3. The summed E-state index contributed by atoms with van der Waals surface area (Å²) in [5.41, 5.74) is 3.25. The van der Waals surface area contributed by atoms with Gasteiger partial charge >= 0.3 is 0 Å².